The molecule has 0 aliphatic carbocycles. The molecule has 2 rings (SSSR count). The lowest BCUT2D eigenvalue weighted by Crippen LogP contribution is -2.11. The van der Waals surface area contributed by atoms with E-state index in [1.54, 1.807) is 6.20 Å². The lowest BCUT2D eigenvalue weighted by Gasteiger charge is -2.09. The first-order valence-corrected chi connectivity index (χ1v) is 5.48. The summed E-state index contributed by atoms with van der Waals surface area (Å²) in [6.45, 7) is 0.602. The van der Waals surface area contributed by atoms with Crippen LogP contribution in [0.5, 0.6) is 5.75 Å². The van der Waals surface area contributed by atoms with Gasteiger partial charge in [-0.05, 0) is 17.7 Å². The van der Waals surface area contributed by atoms with Gasteiger partial charge in [0.1, 0.15) is 0 Å². The maximum atomic E-state index is 5.63. The zero-order valence-corrected chi connectivity index (χ0v) is 9.47. The van der Waals surface area contributed by atoms with Gasteiger partial charge in [-0.2, -0.15) is 0 Å². The van der Waals surface area contributed by atoms with Crippen LogP contribution < -0.4 is 16.0 Å². The predicted molar refractivity (Wildman–Crippen MR) is 67.7 cm³/mol. The molecule has 3 N–H and O–H groups in total. The van der Waals surface area contributed by atoms with Crippen molar-refractivity contribution in [1.29, 1.82) is 0 Å². The number of hydrogen-bond acceptors (Lipinski definition) is 4. The molecule has 1 aromatic heterocycles. The minimum atomic E-state index is 0.556. The first kappa shape index (κ1) is 11.4. The van der Waals surface area contributed by atoms with E-state index in [0.717, 1.165) is 6.42 Å². The fraction of sp³-hybridized carbons (Fsp3) is 0.154. The van der Waals surface area contributed by atoms with Crippen molar-refractivity contribution < 1.29 is 4.74 Å². The molecule has 1 heterocycles. The quantitative estimate of drug-likeness (QED) is 0.608. The third-order valence-electron chi connectivity index (χ3n) is 2.40. The second-order valence-corrected chi connectivity index (χ2v) is 3.58. The van der Waals surface area contributed by atoms with Gasteiger partial charge in [0.05, 0.1) is 6.61 Å². The molecule has 0 fully saturated rings. The summed E-state index contributed by atoms with van der Waals surface area (Å²) >= 11 is 0. The van der Waals surface area contributed by atoms with Crippen LogP contribution in [-0.4, -0.2) is 11.6 Å². The maximum absolute atomic E-state index is 5.63. The van der Waals surface area contributed by atoms with Gasteiger partial charge in [-0.25, -0.2) is 10.8 Å². The summed E-state index contributed by atoms with van der Waals surface area (Å²) in [5.74, 6) is 6.57. The van der Waals surface area contributed by atoms with E-state index in [-0.39, 0.29) is 0 Å². The summed E-state index contributed by atoms with van der Waals surface area (Å²) in [5, 5.41) is 0. The van der Waals surface area contributed by atoms with Crippen LogP contribution in [0.3, 0.4) is 0 Å². The van der Waals surface area contributed by atoms with Crippen LogP contribution in [0.15, 0.2) is 48.7 Å². The smallest absolute Gasteiger partial charge is 0.182 e. The van der Waals surface area contributed by atoms with Gasteiger partial charge in [0.25, 0.3) is 0 Å². The summed E-state index contributed by atoms with van der Waals surface area (Å²) < 4.78 is 5.63. The number of ether oxygens (including phenoxy) is 1. The molecule has 17 heavy (non-hydrogen) atoms. The zero-order valence-electron chi connectivity index (χ0n) is 9.47. The largest absolute Gasteiger partial charge is 0.489 e. The Morgan fingerprint density at radius 3 is 2.71 bits per heavy atom. The summed E-state index contributed by atoms with van der Waals surface area (Å²) in [4.78, 5) is 4.06. The Morgan fingerprint density at radius 1 is 1.12 bits per heavy atom. The van der Waals surface area contributed by atoms with Gasteiger partial charge in [-0.1, -0.05) is 30.3 Å². The molecular weight excluding hydrogens is 214 g/mol. The average molecular weight is 229 g/mol. The maximum Gasteiger partial charge on any atom is 0.182 e. The number of pyridine rings is 1. The Hall–Kier alpha value is -2.07. The van der Waals surface area contributed by atoms with Crippen LogP contribution in [0.2, 0.25) is 0 Å². The number of nitrogens with zero attached hydrogens (tertiary/aromatic N) is 1. The highest BCUT2D eigenvalue weighted by molar-refractivity contribution is 5.48. The van der Waals surface area contributed by atoms with Gasteiger partial charge in [-0.3, -0.25) is 0 Å². The fourth-order valence-electron chi connectivity index (χ4n) is 1.54. The second kappa shape index (κ2) is 5.86. The number of aromatic nitrogens is 1. The summed E-state index contributed by atoms with van der Waals surface area (Å²) in [6.07, 6.45) is 2.53. The number of hydrogen-bond donors (Lipinski definition) is 2. The van der Waals surface area contributed by atoms with Gasteiger partial charge < -0.3 is 10.2 Å². The number of hydrazine groups is 1. The molecule has 0 saturated heterocycles. The van der Waals surface area contributed by atoms with E-state index in [0.29, 0.717) is 18.2 Å². The fourth-order valence-corrected chi connectivity index (χ4v) is 1.54. The van der Waals surface area contributed by atoms with Crippen molar-refractivity contribution in [3.8, 4) is 5.75 Å². The van der Waals surface area contributed by atoms with Crippen LogP contribution in [0.25, 0.3) is 0 Å². The van der Waals surface area contributed by atoms with Crippen molar-refractivity contribution in [3.05, 3.63) is 54.2 Å². The van der Waals surface area contributed by atoms with Crippen molar-refractivity contribution >= 4 is 5.82 Å². The number of rotatable bonds is 5. The van der Waals surface area contributed by atoms with E-state index in [9.17, 15) is 0 Å². The summed E-state index contributed by atoms with van der Waals surface area (Å²) in [5.41, 5.74) is 3.76. The third-order valence-corrected chi connectivity index (χ3v) is 2.40. The number of benzene rings is 1. The standard InChI is InChI=1S/C13H15N3O/c14-16-13-12(7-4-9-15-13)17-10-8-11-5-2-1-3-6-11/h1-7,9H,8,10,14H2,(H,15,16). The van der Waals surface area contributed by atoms with Crippen LogP contribution in [-0.2, 0) is 6.42 Å². The van der Waals surface area contributed by atoms with Crippen molar-refractivity contribution in [1.82, 2.24) is 4.98 Å². The van der Waals surface area contributed by atoms with Crippen molar-refractivity contribution in [2.75, 3.05) is 12.0 Å². The Balaban J connectivity index is 1.90. The normalized spacial score (nSPS) is 9.94. The van der Waals surface area contributed by atoms with Gasteiger partial charge in [0.15, 0.2) is 11.6 Å². The Labute approximate surface area is 100 Å². The Bertz CT molecular complexity index is 459. The molecule has 2 aromatic rings. The topological polar surface area (TPSA) is 60.2 Å². The van der Waals surface area contributed by atoms with Crippen molar-refractivity contribution in [3.63, 3.8) is 0 Å². The molecule has 0 spiro atoms. The van der Waals surface area contributed by atoms with E-state index in [1.807, 2.05) is 30.3 Å². The molecular formula is C13H15N3O. The van der Waals surface area contributed by atoms with E-state index < -0.39 is 0 Å². The lowest BCUT2D eigenvalue weighted by molar-refractivity contribution is 0.322. The van der Waals surface area contributed by atoms with Gasteiger partial charge >= 0.3 is 0 Å². The molecule has 0 unspecified atom stereocenters. The minimum absolute atomic E-state index is 0.556. The van der Waals surface area contributed by atoms with Crippen LogP contribution in [0.4, 0.5) is 5.82 Å². The molecule has 0 bridgehead atoms. The van der Waals surface area contributed by atoms with E-state index >= 15 is 0 Å². The highest BCUT2D eigenvalue weighted by Crippen LogP contribution is 2.19. The molecule has 0 radical (unpaired) electrons. The number of nitrogens with one attached hydrogen (secondary N) is 1. The number of anilines is 1. The number of nitrogens with two attached hydrogens (primary N) is 1. The van der Waals surface area contributed by atoms with Gasteiger partial charge in [-0.15, -0.1) is 0 Å². The van der Waals surface area contributed by atoms with Crippen LogP contribution in [0.1, 0.15) is 5.56 Å². The highest BCUT2D eigenvalue weighted by atomic mass is 16.5. The SMILES string of the molecule is NNc1ncccc1OCCc1ccccc1. The van der Waals surface area contributed by atoms with Crippen molar-refractivity contribution in [2.24, 2.45) is 5.84 Å². The number of nitrogen functional groups attached to an aromatic ring is 1. The first-order chi connectivity index (χ1) is 8.40. The molecule has 0 atom stereocenters. The molecule has 88 valence electrons. The molecule has 0 aliphatic heterocycles. The Kier molecular flexibility index (Phi) is 3.94. The molecule has 4 nitrogen and oxygen atoms in total. The highest BCUT2D eigenvalue weighted by Gasteiger charge is 2.02. The minimum Gasteiger partial charge on any atom is -0.489 e. The van der Waals surface area contributed by atoms with E-state index in [1.165, 1.54) is 5.56 Å². The Morgan fingerprint density at radius 2 is 1.94 bits per heavy atom. The first-order valence-electron chi connectivity index (χ1n) is 5.48. The van der Waals surface area contributed by atoms with E-state index in [2.05, 4.69) is 22.5 Å². The van der Waals surface area contributed by atoms with E-state index in [4.69, 9.17) is 10.6 Å². The molecule has 1 aromatic carbocycles. The summed E-state index contributed by atoms with van der Waals surface area (Å²) in [7, 11) is 0. The summed E-state index contributed by atoms with van der Waals surface area (Å²) in [6, 6.07) is 13.9. The van der Waals surface area contributed by atoms with Crippen LogP contribution >= 0.6 is 0 Å². The lowest BCUT2D eigenvalue weighted by atomic mass is 10.2. The second-order valence-electron chi connectivity index (χ2n) is 3.58. The zero-order chi connectivity index (χ0) is 11.9. The predicted octanol–water partition coefficient (Wildman–Crippen LogP) is 1.99. The van der Waals surface area contributed by atoms with Gasteiger partial charge in [0, 0.05) is 12.6 Å². The molecule has 0 amide bonds. The molecule has 0 saturated carbocycles. The third kappa shape index (κ3) is 3.19. The van der Waals surface area contributed by atoms with Crippen molar-refractivity contribution in [2.45, 2.75) is 6.42 Å². The molecule has 0 aliphatic rings. The van der Waals surface area contributed by atoms with Crippen LogP contribution in [0, 0.1) is 0 Å². The average Bonchev–Trinajstić information content (AvgIpc) is 2.40. The monoisotopic (exact) mass is 229 g/mol. The van der Waals surface area contributed by atoms with Gasteiger partial charge in [0.2, 0.25) is 0 Å². The molecule has 4 heteroatoms.